The third-order valence-electron chi connectivity index (χ3n) is 3.98. The third-order valence-corrected chi connectivity index (χ3v) is 4.21. The Hall–Kier alpha value is -2.33. The van der Waals surface area contributed by atoms with E-state index in [1.165, 1.54) is 19.1 Å². The van der Waals surface area contributed by atoms with Crippen molar-refractivity contribution in [1.29, 1.82) is 0 Å². The van der Waals surface area contributed by atoms with E-state index in [1.54, 1.807) is 12.1 Å². The van der Waals surface area contributed by atoms with E-state index in [0.717, 1.165) is 10.8 Å². The lowest BCUT2D eigenvalue weighted by molar-refractivity contribution is -0.0355. The van der Waals surface area contributed by atoms with Gasteiger partial charge in [0.15, 0.2) is 17.9 Å². The van der Waals surface area contributed by atoms with Gasteiger partial charge in [0.25, 0.3) is 5.91 Å². The number of aliphatic hydroxyl groups is 2. The van der Waals surface area contributed by atoms with Crippen molar-refractivity contribution in [2.24, 2.45) is 0 Å². The highest BCUT2D eigenvalue weighted by Gasteiger charge is 2.42. The maximum atomic E-state index is 14.3. The van der Waals surface area contributed by atoms with Gasteiger partial charge in [-0.2, -0.15) is 4.98 Å². The summed E-state index contributed by atoms with van der Waals surface area (Å²) in [4.78, 5) is 27.8. The van der Waals surface area contributed by atoms with Crippen molar-refractivity contribution in [3.63, 3.8) is 0 Å². The van der Waals surface area contributed by atoms with Gasteiger partial charge < -0.3 is 20.3 Å². The van der Waals surface area contributed by atoms with Gasteiger partial charge in [-0.15, -0.1) is 0 Å². The molecule has 1 aromatic heterocycles. The van der Waals surface area contributed by atoms with Crippen molar-refractivity contribution in [3.8, 4) is 0 Å². The van der Waals surface area contributed by atoms with Crippen LogP contribution in [0.15, 0.2) is 35.3 Å². The minimum absolute atomic E-state index is 0.161. The Morgan fingerprint density at radius 2 is 2.12 bits per heavy atom. The van der Waals surface area contributed by atoms with Gasteiger partial charge in [-0.25, -0.2) is 9.18 Å². The first-order chi connectivity index (χ1) is 12.3. The quantitative estimate of drug-likeness (QED) is 0.726. The number of hydrogen-bond donors (Lipinski definition) is 3. The van der Waals surface area contributed by atoms with Gasteiger partial charge in [0.05, 0.1) is 12.3 Å². The highest BCUT2D eigenvalue weighted by Crippen LogP contribution is 2.28. The molecule has 1 saturated heterocycles. The largest absolute Gasteiger partial charge is 0.388 e. The molecular formula is C16H15ClFN3O5. The lowest BCUT2D eigenvalue weighted by Crippen LogP contribution is -2.36. The summed E-state index contributed by atoms with van der Waals surface area (Å²) < 4.78 is 20.3. The number of amides is 1. The molecule has 2 aromatic rings. The number of ether oxygens (including phenoxy) is 1. The smallest absolute Gasteiger partial charge is 0.351 e. The predicted molar refractivity (Wildman–Crippen MR) is 89.5 cm³/mol. The SMILES string of the molecule is C[C@H]1O[C@@H](n2cc(F)c(NC(=O)c3cccc(Cl)c3)nc2=O)C(O)C1O. The van der Waals surface area contributed by atoms with Crippen LogP contribution < -0.4 is 11.0 Å². The normalized spacial score (nSPS) is 25.3. The second-order valence-electron chi connectivity index (χ2n) is 5.80. The zero-order chi connectivity index (χ0) is 19.0. The number of aromatic nitrogens is 2. The van der Waals surface area contributed by atoms with Gasteiger partial charge in [-0.05, 0) is 25.1 Å². The Kier molecular flexibility index (Phi) is 5.05. The average Bonchev–Trinajstić information content (AvgIpc) is 2.85. The summed E-state index contributed by atoms with van der Waals surface area (Å²) in [6, 6.07) is 5.96. The standard InChI is InChI=1S/C16H15ClFN3O5/c1-7-11(22)12(23)15(26-7)21-6-10(18)13(20-16(21)25)19-14(24)8-3-2-4-9(17)5-8/h2-7,11-12,15,22-23H,1H3,(H,19,20,24,25)/t7-,11?,12?,15-/m1/s1. The molecule has 1 aliphatic heterocycles. The zero-order valence-corrected chi connectivity index (χ0v) is 14.2. The molecule has 0 saturated carbocycles. The highest BCUT2D eigenvalue weighted by molar-refractivity contribution is 6.31. The summed E-state index contributed by atoms with van der Waals surface area (Å²) in [7, 11) is 0. The molecule has 0 spiro atoms. The van der Waals surface area contributed by atoms with E-state index < -0.39 is 47.8 Å². The van der Waals surface area contributed by atoms with E-state index >= 15 is 0 Å². The molecule has 1 aliphatic rings. The first kappa shape index (κ1) is 18.5. The Bertz CT molecular complexity index is 906. The second kappa shape index (κ2) is 7.12. The van der Waals surface area contributed by atoms with E-state index in [4.69, 9.17) is 16.3 Å². The first-order valence-electron chi connectivity index (χ1n) is 7.65. The maximum Gasteiger partial charge on any atom is 0.351 e. The lowest BCUT2D eigenvalue weighted by Gasteiger charge is -2.17. The van der Waals surface area contributed by atoms with E-state index in [-0.39, 0.29) is 5.56 Å². The van der Waals surface area contributed by atoms with Crippen LogP contribution in [0.3, 0.4) is 0 Å². The minimum atomic E-state index is -1.42. The fourth-order valence-corrected chi connectivity index (χ4v) is 2.77. The molecule has 1 fully saturated rings. The van der Waals surface area contributed by atoms with E-state index in [1.807, 2.05) is 0 Å². The number of anilines is 1. The molecule has 3 rings (SSSR count). The number of hydrogen-bond acceptors (Lipinski definition) is 6. The molecule has 1 aromatic carbocycles. The summed E-state index contributed by atoms with van der Waals surface area (Å²) in [5, 5.41) is 22.1. The van der Waals surface area contributed by atoms with Crippen LogP contribution in [-0.2, 0) is 4.74 Å². The molecule has 8 nitrogen and oxygen atoms in total. The van der Waals surface area contributed by atoms with Crippen LogP contribution in [0.5, 0.6) is 0 Å². The number of nitrogens with zero attached hydrogens (tertiary/aromatic N) is 2. The topological polar surface area (TPSA) is 114 Å². The van der Waals surface area contributed by atoms with Crippen LogP contribution in [-0.4, -0.2) is 44.0 Å². The van der Waals surface area contributed by atoms with Gasteiger partial charge in [0, 0.05) is 10.6 Å². The van der Waals surface area contributed by atoms with Crippen LogP contribution in [0.2, 0.25) is 5.02 Å². The summed E-state index contributed by atoms with van der Waals surface area (Å²) in [5.74, 6) is -2.28. The number of benzene rings is 1. The summed E-state index contributed by atoms with van der Waals surface area (Å²) in [5.41, 5.74) is -0.799. The van der Waals surface area contributed by atoms with Crippen LogP contribution in [0.25, 0.3) is 0 Å². The van der Waals surface area contributed by atoms with Gasteiger partial charge in [0.1, 0.15) is 12.2 Å². The molecular weight excluding hydrogens is 369 g/mol. The van der Waals surface area contributed by atoms with Gasteiger partial charge in [0.2, 0.25) is 0 Å². The fraction of sp³-hybridized carbons (Fsp3) is 0.312. The third kappa shape index (κ3) is 3.47. The van der Waals surface area contributed by atoms with Gasteiger partial charge in [-0.1, -0.05) is 17.7 Å². The van der Waals surface area contributed by atoms with Crippen molar-refractivity contribution in [3.05, 3.63) is 57.3 Å². The molecule has 26 heavy (non-hydrogen) atoms. The van der Waals surface area contributed by atoms with Crippen molar-refractivity contribution < 1.29 is 24.1 Å². The predicted octanol–water partition coefficient (Wildman–Crippen LogP) is 0.927. The number of carbonyl (C=O) groups excluding carboxylic acids is 1. The molecule has 10 heteroatoms. The van der Waals surface area contributed by atoms with Crippen LogP contribution in [0.4, 0.5) is 10.2 Å². The number of halogens is 2. The minimum Gasteiger partial charge on any atom is -0.388 e. The lowest BCUT2D eigenvalue weighted by atomic mass is 10.1. The zero-order valence-electron chi connectivity index (χ0n) is 13.5. The number of nitrogens with one attached hydrogen (secondary N) is 1. The van der Waals surface area contributed by atoms with Crippen molar-refractivity contribution in [2.75, 3.05) is 5.32 Å². The van der Waals surface area contributed by atoms with Crippen molar-refractivity contribution in [1.82, 2.24) is 9.55 Å². The Morgan fingerprint density at radius 1 is 1.38 bits per heavy atom. The molecule has 0 radical (unpaired) electrons. The maximum absolute atomic E-state index is 14.3. The van der Waals surface area contributed by atoms with Crippen LogP contribution in [0.1, 0.15) is 23.5 Å². The molecule has 0 bridgehead atoms. The average molecular weight is 384 g/mol. The van der Waals surface area contributed by atoms with Crippen LogP contribution in [0, 0.1) is 5.82 Å². The Morgan fingerprint density at radius 3 is 2.73 bits per heavy atom. The fourth-order valence-electron chi connectivity index (χ4n) is 2.58. The molecule has 2 unspecified atom stereocenters. The second-order valence-corrected chi connectivity index (χ2v) is 6.24. The Balaban J connectivity index is 1.86. The summed E-state index contributed by atoms with van der Waals surface area (Å²) in [6.07, 6.45) is -3.92. The first-order valence-corrected chi connectivity index (χ1v) is 8.03. The number of aliphatic hydroxyl groups excluding tert-OH is 2. The van der Waals surface area contributed by atoms with E-state index in [2.05, 4.69) is 10.3 Å². The van der Waals surface area contributed by atoms with Crippen molar-refractivity contribution in [2.45, 2.75) is 31.5 Å². The molecule has 1 amide bonds. The van der Waals surface area contributed by atoms with Crippen molar-refractivity contribution >= 4 is 23.3 Å². The van der Waals surface area contributed by atoms with E-state index in [9.17, 15) is 24.2 Å². The number of rotatable bonds is 3. The molecule has 3 N–H and O–H groups in total. The highest BCUT2D eigenvalue weighted by atomic mass is 35.5. The monoisotopic (exact) mass is 383 g/mol. The van der Waals surface area contributed by atoms with Crippen LogP contribution >= 0.6 is 11.6 Å². The number of carbonyl (C=O) groups is 1. The Labute approximate surface area is 151 Å². The summed E-state index contributed by atoms with van der Waals surface area (Å²) in [6.45, 7) is 1.50. The summed E-state index contributed by atoms with van der Waals surface area (Å²) >= 11 is 5.80. The van der Waals surface area contributed by atoms with Gasteiger partial charge >= 0.3 is 5.69 Å². The van der Waals surface area contributed by atoms with Gasteiger partial charge in [-0.3, -0.25) is 9.36 Å². The molecule has 2 heterocycles. The molecule has 138 valence electrons. The molecule has 4 atom stereocenters. The van der Waals surface area contributed by atoms with E-state index in [0.29, 0.717) is 5.02 Å². The molecule has 0 aliphatic carbocycles.